The molecule has 0 saturated heterocycles. The van der Waals surface area contributed by atoms with E-state index in [1.807, 2.05) is 11.1 Å². The number of hydrogen-bond acceptors (Lipinski definition) is 0. The number of rotatable bonds is 1. The molecule has 3 fully saturated rings. The molecule has 4 rings (SSSR count). The first kappa shape index (κ1) is 8.61. The molecule has 0 amide bonds. The van der Waals surface area contributed by atoms with E-state index in [4.69, 9.17) is 0 Å². The molecule has 6 unspecified atom stereocenters. The van der Waals surface area contributed by atoms with E-state index in [2.05, 4.69) is 19.6 Å². The topological polar surface area (TPSA) is 0 Å². The van der Waals surface area contributed by atoms with Gasteiger partial charge in [0.15, 0.2) is 0 Å². The van der Waals surface area contributed by atoms with E-state index in [0.29, 0.717) is 0 Å². The van der Waals surface area contributed by atoms with Crippen LogP contribution >= 0.6 is 0 Å². The Morgan fingerprint density at radius 1 is 1.40 bits per heavy atom. The zero-order chi connectivity index (χ0) is 10.2. The smallest absolute Gasteiger partial charge is 0.0132 e. The fourth-order valence-electron chi connectivity index (χ4n) is 5.54. The maximum atomic E-state index is 4.07. The molecule has 3 saturated carbocycles. The van der Waals surface area contributed by atoms with Crippen molar-refractivity contribution >= 4 is 0 Å². The first-order valence-electron chi connectivity index (χ1n) is 6.65. The van der Waals surface area contributed by atoms with Crippen LogP contribution in [0.25, 0.3) is 0 Å². The van der Waals surface area contributed by atoms with Gasteiger partial charge < -0.3 is 0 Å². The van der Waals surface area contributed by atoms with Crippen LogP contribution in [0.2, 0.25) is 0 Å². The van der Waals surface area contributed by atoms with Crippen molar-refractivity contribution in [2.75, 3.05) is 0 Å². The normalized spacial score (nSPS) is 55.3. The molecule has 0 spiro atoms. The molecule has 80 valence electrons. The van der Waals surface area contributed by atoms with E-state index in [-0.39, 0.29) is 0 Å². The summed E-state index contributed by atoms with van der Waals surface area (Å²) in [6, 6.07) is 0. The predicted octanol–water partition coefficient (Wildman–Crippen LogP) is 3.80. The molecule has 0 heterocycles. The summed E-state index contributed by atoms with van der Waals surface area (Å²) in [5, 5.41) is 0. The molecule has 0 N–H and O–H groups in total. The minimum atomic E-state index is 0.837. The highest BCUT2D eigenvalue weighted by molar-refractivity contribution is 5.38. The fraction of sp³-hybridized carbons (Fsp3) is 0.733. The molecule has 0 heteroatoms. The summed E-state index contributed by atoms with van der Waals surface area (Å²) < 4.78 is 0. The number of allylic oxidation sites excluding steroid dienone is 3. The number of fused-ring (bicyclic) bond motifs is 8. The van der Waals surface area contributed by atoms with Crippen LogP contribution in [-0.2, 0) is 0 Å². The van der Waals surface area contributed by atoms with Crippen molar-refractivity contribution in [2.24, 2.45) is 35.5 Å². The summed E-state index contributed by atoms with van der Waals surface area (Å²) >= 11 is 0. The van der Waals surface area contributed by atoms with Crippen molar-refractivity contribution in [1.82, 2.24) is 0 Å². The van der Waals surface area contributed by atoms with E-state index < -0.39 is 0 Å². The lowest BCUT2D eigenvalue weighted by atomic mass is 9.68. The zero-order valence-corrected chi connectivity index (χ0v) is 9.58. The maximum absolute atomic E-state index is 4.07. The zero-order valence-electron chi connectivity index (χ0n) is 9.58. The SMILES string of the molecule is C=CC1C(C)C2CC1C1C2=C2CCC1C2. The Morgan fingerprint density at radius 2 is 2.27 bits per heavy atom. The van der Waals surface area contributed by atoms with Crippen LogP contribution in [0.1, 0.15) is 32.6 Å². The van der Waals surface area contributed by atoms with Crippen molar-refractivity contribution in [3.8, 4) is 0 Å². The first-order chi connectivity index (χ1) is 7.31. The summed E-state index contributed by atoms with van der Waals surface area (Å²) in [5.41, 5.74) is 3.86. The van der Waals surface area contributed by atoms with Crippen LogP contribution in [-0.4, -0.2) is 0 Å². The van der Waals surface area contributed by atoms with Gasteiger partial charge in [-0.2, -0.15) is 0 Å². The molecule has 4 aliphatic rings. The third-order valence-electron chi connectivity index (χ3n) is 6.00. The van der Waals surface area contributed by atoms with Gasteiger partial charge in [0.05, 0.1) is 0 Å². The Bertz CT molecular complexity index is 362. The Labute approximate surface area is 92.4 Å². The second-order valence-corrected chi connectivity index (χ2v) is 6.27. The molecule has 0 nitrogen and oxygen atoms in total. The molecular formula is C15H20. The Kier molecular flexibility index (Phi) is 1.49. The third-order valence-corrected chi connectivity index (χ3v) is 6.00. The van der Waals surface area contributed by atoms with Crippen molar-refractivity contribution in [3.63, 3.8) is 0 Å². The molecule has 15 heavy (non-hydrogen) atoms. The van der Waals surface area contributed by atoms with Crippen molar-refractivity contribution in [3.05, 3.63) is 23.8 Å². The van der Waals surface area contributed by atoms with Crippen LogP contribution in [0.3, 0.4) is 0 Å². The molecule has 4 bridgehead atoms. The van der Waals surface area contributed by atoms with E-state index in [0.717, 1.165) is 35.5 Å². The quantitative estimate of drug-likeness (QED) is 0.565. The monoisotopic (exact) mass is 200 g/mol. The minimum Gasteiger partial charge on any atom is -0.103 e. The summed E-state index contributed by atoms with van der Waals surface area (Å²) in [6.07, 6.45) is 8.19. The Hall–Kier alpha value is -0.520. The molecular weight excluding hydrogens is 180 g/mol. The molecule has 0 radical (unpaired) electrons. The van der Waals surface area contributed by atoms with Crippen LogP contribution in [0, 0.1) is 35.5 Å². The molecule has 4 aliphatic carbocycles. The molecule has 6 atom stereocenters. The van der Waals surface area contributed by atoms with Crippen molar-refractivity contribution in [2.45, 2.75) is 32.6 Å². The molecule has 0 aromatic carbocycles. The predicted molar refractivity (Wildman–Crippen MR) is 62.3 cm³/mol. The second-order valence-electron chi connectivity index (χ2n) is 6.27. The molecule has 0 aromatic rings. The fourth-order valence-corrected chi connectivity index (χ4v) is 5.54. The average molecular weight is 200 g/mol. The Balaban J connectivity index is 1.82. The summed E-state index contributed by atoms with van der Waals surface area (Å²) in [7, 11) is 0. The highest BCUT2D eigenvalue weighted by Crippen LogP contribution is 2.67. The van der Waals surface area contributed by atoms with Gasteiger partial charge in [0.25, 0.3) is 0 Å². The van der Waals surface area contributed by atoms with Gasteiger partial charge in [-0.25, -0.2) is 0 Å². The average Bonchev–Trinajstić information content (AvgIpc) is 2.94. The molecule has 0 aliphatic heterocycles. The lowest BCUT2D eigenvalue weighted by molar-refractivity contribution is 0.219. The Morgan fingerprint density at radius 3 is 3.07 bits per heavy atom. The highest BCUT2D eigenvalue weighted by Gasteiger charge is 2.58. The number of hydrogen-bond donors (Lipinski definition) is 0. The summed E-state index contributed by atoms with van der Waals surface area (Å²) in [5.74, 6) is 5.75. The van der Waals surface area contributed by atoms with Gasteiger partial charge in [-0.3, -0.25) is 0 Å². The van der Waals surface area contributed by atoms with Gasteiger partial charge in [-0.05, 0) is 61.2 Å². The summed E-state index contributed by atoms with van der Waals surface area (Å²) in [4.78, 5) is 0. The van der Waals surface area contributed by atoms with Crippen LogP contribution < -0.4 is 0 Å². The van der Waals surface area contributed by atoms with E-state index in [1.54, 1.807) is 0 Å². The summed E-state index contributed by atoms with van der Waals surface area (Å²) in [6.45, 7) is 6.54. The van der Waals surface area contributed by atoms with Crippen molar-refractivity contribution < 1.29 is 0 Å². The maximum Gasteiger partial charge on any atom is -0.0132 e. The van der Waals surface area contributed by atoms with E-state index in [9.17, 15) is 0 Å². The van der Waals surface area contributed by atoms with Crippen LogP contribution in [0.15, 0.2) is 23.8 Å². The van der Waals surface area contributed by atoms with Crippen LogP contribution in [0.4, 0.5) is 0 Å². The van der Waals surface area contributed by atoms with Crippen molar-refractivity contribution in [1.29, 1.82) is 0 Å². The second kappa shape index (κ2) is 2.59. The van der Waals surface area contributed by atoms with E-state index in [1.165, 1.54) is 25.7 Å². The third kappa shape index (κ3) is 0.822. The standard InChI is InChI=1S/C15H20/c1-3-11-8(2)12-7-13(11)15-10-5-4-9(6-10)14(12)15/h3,8,10-13,15H,1,4-7H2,2H3. The lowest BCUT2D eigenvalue weighted by Gasteiger charge is -2.36. The van der Waals surface area contributed by atoms with Gasteiger partial charge in [-0.15, -0.1) is 6.58 Å². The highest BCUT2D eigenvalue weighted by atomic mass is 14.6. The van der Waals surface area contributed by atoms with Gasteiger partial charge in [0, 0.05) is 0 Å². The van der Waals surface area contributed by atoms with E-state index >= 15 is 0 Å². The first-order valence-corrected chi connectivity index (χ1v) is 6.65. The van der Waals surface area contributed by atoms with Gasteiger partial charge >= 0.3 is 0 Å². The van der Waals surface area contributed by atoms with Gasteiger partial charge in [0.2, 0.25) is 0 Å². The van der Waals surface area contributed by atoms with Gasteiger partial charge in [-0.1, -0.05) is 24.1 Å². The lowest BCUT2D eigenvalue weighted by Crippen LogP contribution is -2.30. The van der Waals surface area contributed by atoms with Gasteiger partial charge in [0.1, 0.15) is 0 Å². The molecule has 0 aromatic heterocycles. The minimum absolute atomic E-state index is 0.837. The largest absolute Gasteiger partial charge is 0.103 e. The van der Waals surface area contributed by atoms with Crippen LogP contribution in [0.5, 0.6) is 0 Å².